The number of benzene rings is 1. The summed E-state index contributed by atoms with van der Waals surface area (Å²) >= 11 is 0. The molecule has 108 valence electrons. The third-order valence-electron chi connectivity index (χ3n) is 3.01. The van der Waals surface area contributed by atoms with Gasteiger partial charge in [0.15, 0.2) is 5.76 Å². The second-order valence-electron chi connectivity index (χ2n) is 5.38. The van der Waals surface area contributed by atoms with Gasteiger partial charge in [-0.25, -0.2) is 0 Å². The van der Waals surface area contributed by atoms with Crippen molar-refractivity contribution in [2.75, 3.05) is 0 Å². The highest BCUT2D eigenvalue weighted by Gasteiger charge is 2.07. The molecule has 0 saturated heterocycles. The molecule has 0 bridgehead atoms. The number of rotatable bonds is 6. The number of hydrogen-bond donors (Lipinski definition) is 1. The molecule has 2 aromatic rings. The number of hydrogen-bond acceptors (Lipinski definition) is 4. The largest absolute Gasteiger partial charge is 0.485 e. The van der Waals surface area contributed by atoms with Gasteiger partial charge in [-0.05, 0) is 31.0 Å². The zero-order chi connectivity index (χ0) is 14.5. The monoisotopic (exact) mass is 274 g/mol. The van der Waals surface area contributed by atoms with E-state index in [4.69, 9.17) is 9.26 Å². The molecule has 0 fully saturated rings. The minimum Gasteiger partial charge on any atom is -0.485 e. The van der Waals surface area contributed by atoms with Gasteiger partial charge < -0.3 is 14.6 Å². The molecular weight excluding hydrogens is 252 g/mol. The molecule has 0 unspecified atom stereocenters. The van der Waals surface area contributed by atoms with Gasteiger partial charge in [0.05, 0.1) is 5.69 Å². The van der Waals surface area contributed by atoms with Crippen LogP contribution in [0.2, 0.25) is 0 Å². The maximum atomic E-state index is 5.79. The second-order valence-corrected chi connectivity index (χ2v) is 5.38. The minimum absolute atomic E-state index is 0.402. The predicted octanol–water partition coefficient (Wildman–Crippen LogP) is 3.37. The molecule has 4 nitrogen and oxygen atoms in total. The zero-order valence-electron chi connectivity index (χ0n) is 12.6. The number of aromatic nitrogens is 1. The summed E-state index contributed by atoms with van der Waals surface area (Å²) in [6.45, 7) is 9.41. The summed E-state index contributed by atoms with van der Waals surface area (Å²) in [5.74, 6) is 1.63. The van der Waals surface area contributed by atoms with E-state index < -0.39 is 0 Å². The van der Waals surface area contributed by atoms with Crippen LogP contribution in [0.5, 0.6) is 5.75 Å². The Morgan fingerprint density at radius 3 is 2.80 bits per heavy atom. The summed E-state index contributed by atoms with van der Waals surface area (Å²) in [5, 5.41) is 7.33. The van der Waals surface area contributed by atoms with Crippen molar-refractivity contribution >= 4 is 0 Å². The van der Waals surface area contributed by atoms with Crippen LogP contribution in [0.25, 0.3) is 0 Å². The van der Waals surface area contributed by atoms with Crippen molar-refractivity contribution in [3.8, 4) is 5.75 Å². The lowest BCUT2D eigenvalue weighted by atomic mass is 10.1. The number of nitrogens with zero attached hydrogens (tertiary/aromatic N) is 1. The SMILES string of the molecule is Cc1ccc(C)c(OCc2cc(CNC(C)C)no2)c1. The fourth-order valence-electron chi connectivity index (χ4n) is 1.83. The third-order valence-corrected chi connectivity index (χ3v) is 3.01. The summed E-state index contributed by atoms with van der Waals surface area (Å²) in [6.07, 6.45) is 0. The van der Waals surface area contributed by atoms with E-state index in [2.05, 4.69) is 43.4 Å². The topological polar surface area (TPSA) is 47.3 Å². The molecule has 0 amide bonds. The molecule has 0 spiro atoms. The molecule has 2 rings (SSSR count). The van der Waals surface area contributed by atoms with Crippen molar-refractivity contribution in [3.05, 3.63) is 46.8 Å². The van der Waals surface area contributed by atoms with E-state index in [-0.39, 0.29) is 0 Å². The molecule has 0 saturated carbocycles. The Bertz CT molecular complexity index is 561. The van der Waals surface area contributed by atoms with Crippen LogP contribution in [0.1, 0.15) is 36.4 Å². The number of aryl methyl sites for hydroxylation is 2. The number of nitrogens with one attached hydrogen (secondary N) is 1. The van der Waals surface area contributed by atoms with Gasteiger partial charge in [-0.2, -0.15) is 0 Å². The Balaban J connectivity index is 1.92. The van der Waals surface area contributed by atoms with Gasteiger partial charge in [-0.15, -0.1) is 0 Å². The van der Waals surface area contributed by atoms with Gasteiger partial charge in [-0.3, -0.25) is 0 Å². The Morgan fingerprint density at radius 2 is 2.05 bits per heavy atom. The Labute approximate surface area is 120 Å². The second kappa shape index (κ2) is 6.57. The molecule has 0 radical (unpaired) electrons. The standard InChI is InChI=1S/C16H22N2O2/c1-11(2)17-9-14-8-15(20-18-14)10-19-16-7-12(3)5-6-13(16)4/h5-8,11,17H,9-10H2,1-4H3. The van der Waals surface area contributed by atoms with E-state index in [9.17, 15) is 0 Å². The molecule has 0 atom stereocenters. The van der Waals surface area contributed by atoms with Crippen LogP contribution in [0.15, 0.2) is 28.8 Å². The lowest BCUT2D eigenvalue weighted by molar-refractivity contribution is 0.247. The normalized spacial score (nSPS) is 11.1. The molecule has 4 heteroatoms. The van der Waals surface area contributed by atoms with Crippen LogP contribution in [0.4, 0.5) is 0 Å². The predicted molar refractivity (Wildman–Crippen MR) is 78.7 cm³/mol. The first-order valence-corrected chi connectivity index (χ1v) is 6.92. The Hall–Kier alpha value is -1.81. The molecule has 0 aliphatic rings. The lowest BCUT2D eigenvalue weighted by Gasteiger charge is -2.07. The average molecular weight is 274 g/mol. The van der Waals surface area contributed by atoms with Crippen molar-refractivity contribution < 1.29 is 9.26 Å². The maximum Gasteiger partial charge on any atom is 0.174 e. The lowest BCUT2D eigenvalue weighted by Crippen LogP contribution is -2.21. The molecule has 1 N–H and O–H groups in total. The molecule has 20 heavy (non-hydrogen) atoms. The van der Waals surface area contributed by atoms with Gasteiger partial charge in [0, 0.05) is 18.7 Å². The van der Waals surface area contributed by atoms with Crippen molar-refractivity contribution in [1.29, 1.82) is 0 Å². The minimum atomic E-state index is 0.402. The molecule has 1 heterocycles. The average Bonchev–Trinajstić information content (AvgIpc) is 2.85. The van der Waals surface area contributed by atoms with Gasteiger partial charge in [0.2, 0.25) is 0 Å². The van der Waals surface area contributed by atoms with Crippen LogP contribution in [-0.4, -0.2) is 11.2 Å². The van der Waals surface area contributed by atoms with Gasteiger partial charge >= 0.3 is 0 Å². The van der Waals surface area contributed by atoms with Crippen LogP contribution in [-0.2, 0) is 13.2 Å². The van der Waals surface area contributed by atoms with Crippen molar-refractivity contribution in [2.24, 2.45) is 0 Å². The third kappa shape index (κ3) is 4.10. The summed E-state index contributed by atoms with van der Waals surface area (Å²) in [7, 11) is 0. The Kier molecular flexibility index (Phi) is 4.79. The summed E-state index contributed by atoms with van der Waals surface area (Å²) in [4.78, 5) is 0. The Morgan fingerprint density at radius 1 is 1.25 bits per heavy atom. The molecule has 0 aliphatic heterocycles. The van der Waals surface area contributed by atoms with Gasteiger partial charge in [0.1, 0.15) is 12.4 Å². The highest BCUT2D eigenvalue weighted by Crippen LogP contribution is 2.20. The molecule has 1 aromatic heterocycles. The van der Waals surface area contributed by atoms with E-state index in [1.807, 2.05) is 19.1 Å². The van der Waals surface area contributed by atoms with Gasteiger partial charge in [-0.1, -0.05) is 31.1 Å². The van der Waals surface area contributed by atoms with Crippen LogP contribution in [0.3, 0.4) is 0 Å². The fourth-order valence-corrected chi connectivity index (χ4v) is 1.83. The highest BCUT2D eigenvalue weighted by atomic mass is 16.5. The van der Waals surface area contributed by atoms with Crippen LogP contribution in [0, 0.1) is 13.8 Å². The molecular formula is C16H22N2O2. The highest BCUT2D eigenvalue weighted by molar-refractivity contribution is 5.36. The molecule has 0 aliphatic carbocycles. The first kappa shape index (κ1) is 14.6. The van der Waals surface area contributed by atoms with Crippen molar-refractivity contribution in [1.82, 2.24) is 10.5 Å². The van der Waals surface area contributed by atoms with E-state index >= 15 is 0 Å². The summed E-state index contributed by atoms with van der Waals surface area (Å²) in [5.41, 5.74) is 3.21. The first-order valence-electron chi connectivity index (χ1n) is 6.92. The summed E-state index contributed by atoms with van der Waals surface area (Å²) in [6, 6.07) is 8.53. The zero-order valence-corrected chi connectivity index (χ0v) is 12.6. The van der Waals surface area contributed by atoms with E-state index in [0.717, 1.165) is 22.8 Å². The van der Waals surface area contributed by atoms with E-state index in [1.54, 1.807) is 0 Å². The number of ether oxygens (including phenoxy) is 1. The van der Waals surface area contributed by atoms with E-state index in [0.29, 0.717) is 19.2 Å². The van der Waals surface area contributed by atoms with Gasteiger partial charge in [0.25, 0.3) is 0 Å². The molecule has 1 aromatic carbocycles. The van der Waals surface area contributed by atoms with Crippen molar-refractivity contribution in [2.45, 2.75) is 46.9 Å². The van der Waals surface area contributed by atoms with Crippen LogP contribution < -0.4 is 10.1 Å². The quantitative estimate of drug-likeness (QED) is 0.877. The van der Waals surface area contributed by atoms with E-state index in [1.165, 1.54) is 5.56 Å². The maximum absolute atomic E-state index is 5.79. The first-order chi connectivity index (χ1) is 9.54. The smallest absolute Gasteiger partial charge is 0.174 e. The fraction of sp³-hybridized carbons (Fsp3) is 0.438. The van der Waals surface area contributed by atoms with Crippen molar-refractivity contribution in [3.63, 3.8) is 0 Å². The van der Waals surface area contributed by atoms with Crippen LogP contribution >= 0.6 is 0 Å². The summed E-state index contributed by atoms with van der Waals surface area (Å²) < 4.78 is 11.1.